The zero-order chi connectivity index (χ0) is 27.3. The monoisotopic (exact) mass is 375 g/mol. The van der Waals surface area contributed by atoms with Gasteiger partial charge < -0.3 is 0 Å². The topological polar surface area (TPSA) is 17.2 Å². The van der Waals surface area contributed by atoms with Crippen molar-refractivity contribution in [2.45, 2.75) is 26.7 Å². The van der Waals surface area contributed by atoms with E-state index in [1.807, 2.05) is 0 Å². The third-order valence-corrected chi connectivity index (χ3v) is 3.95. The Morgan fingerprint density at radius 3 is 2.37 bits per heavy atom. The van der Waals surface area contributed by atoms with Crippen LogP contribution < -0.4 is 0 Å². The van der Waals surface area contributed by atoms with E-state index in [1.54, 1.807) is 0 Å². The molecule has 2 nitrogen and oxygen atoms in total. The van der Waals surface area contributed by atoms with E-state index in [9.17, 15) is 13.2 Å². The van der Waals surface area contributed by atoms with Gasteiger partial charge in [0.15, 0.2) is 5.69 Å². The summed E-state index contributed by atoms with van der Waals surface area (Å²) < 4.78 is 111. The summed E-state index contributed by atoms with van der Waals surface area (Å²) in [5.41, 5.74) is -3.71. The fourth-order valence-corrected chi connectivity index (χ4v) is 2.61. The second-order valence-electron chi connectivity index (χ2n) is 5.71. The van der Waals surface area contributed by atoms with Crippen LogP contribution in [0, 0.1) is 27.1 Å². The van der Waals surface area contributed by atoms with Crippen molar-refractivity contribution in [2.75, 3.05) is 0 Å². The van der Waals surface area contributed by atoms with E-state index < -0.39 is 54.5 Å². The molecular formula is C22H17F3N2. The molecule has 0 amide bonds. The van der Waals surface area contributed by atoms with Crippen LogP contribution in [0.1, 0.15) is 34.6 Å². The lowest BCUT2D eigenvalue weighted by Gasteiger charge is -2.16. The maximum absolute atomic E-state index is 13.9. The number of alkyl halides is 3. The molecule has 1 heterocycles. The van der Waals surface area contributed by atoms with Crippen LogP contribution in [0.25, 0.3) is 27.2 Å². The molecule has 1 aromatic heterocycles. The fourth-order valence-electron chi connectivity index (χ4n) is 2.61. The number of rotatable bonds is 2. The van der Waals surface area contributed by atoms with Gasteiger partial charge in [-0.3, -0.25) is 4.98 Å². The molecule has 0 N–H and O–H groups in total. The van der Waals surface area contributed by atoms with Gasteiger partial charge in [-0.25, -0.2) is 4.85 Å². The highest BCUT2D eigenvalue weighted by molar-refractivity contribution is 5.78. The fraction of sp³-hybridized carbons (Fsp3) is 0.182. The smallest absolute Gasteiger partial charge is 0.256 e. The van der Waals surface area contributed by atoms with Gasteiger partial charge in [-0.15, -0.1) is 0 Å². The maximum atomic E-state index is 13.9. The van der Waals surface area contributed by atoms with Crippen molar-refractivity contribution in [3.8, 4) is 22.4 Å². The molecule has 0 fully saturated rings. The first-order valence-corrected chi connectivity index (χ1v) is 7.59. The van der Waals surface area contributed by atoms with Gasteiger partial charge >= 0.3 is 6.18 Å². The molecule has 27 heavy (non-hydrogen) atoms. The first-order chi connectivity index (χ1) is 16.3. The highest BCUT2D eigenvalue weighted by atomic mass is 19.4. The van der Waals surface area contributed by atoms with E-state index in [1.165, 1.54) is 6.07 Å². The average Bonchev–Trinajstić information content (AvgIpc) is 2.75. The molecule has 3 aromatic rings. The van der Waals surface area contributed by atoms with E-state index in [-0.39, 0.29) is 22.5 Å². The van der Waals surface area contributed by atoms with E-state index in [4.69, 9.17) is 18.9 Å². The lowest BCUT2D eigenvalue weighted by atomic mass is 9.92. The number of pyridine rings is 1. The summed E-state index contributed by atoms with van der Waals surface area (Å²) in [6.45, 7) is -1.41. The molecular weight excluding hydrogens is 349 g/mol. The predicted molar refractivity (Wildman–Crippen MR) is 101 cm³/mol. The Morgan fingerprint density at radius 2 is 1.70 bits per heavy atom. The van der Waals surface area contributed by atoms with Gasteiger partial charge in [-0.2, -0.15) is 13.2 Å². The Kier molecular flexibility index (Phi) is 2.62. The van der Waals surface area contributed by atoms with E-state index in [0.29, 0.717) is 6.07 Å². The Labute approximate surface area is 168 Å². The summed E-state index contributed by atoms with van der Waals surface area (Å²) >= 11 is 0. The maximum Gasteiger partial charge on any atom is 0.415 e. The number of aromatic nitrogens is 1. The minimum Gasteiger partial charge on any atom is -0.256 e. The third kappa shape index (κ3) is 3.70. The van der Waals surface area contributed by atoms with Crippen LogP contribution >= 0.6 is 0 Å². The largest absolute Gasteiger partial charge is 0.415 e. The van der Waals surface area contributed by atoms with E-state index in [2.05, 4.69) is 9.83 Å². The van der Waals surface area contributed by atoms with Gasteiger partial charge in [0.05, 0.1) is 17.8 Å². The number of halogens is 3. The minimum absolute atomic E-state index is 0.0706. The van der Waals surface area contributed by atoms with Gasteiger partial charge in [-0.1, -0.05) is 24.3 Å². The molecule has 0 bridgehead atoms. The lowest BCUT2D eigenvalue weighted by molar-refractivity contribution is -0.137. The number of nitrogens with zero attached hydrogens (tertiary/aromatic N) is 2. The molecule has 0 aliphatic rings. The van der Waals surface area contributed by atoms with Crippen LogP contribution in [0.5, 0.6) is 0 Å². The minimum atomic E-state index is -4.91. The first kappa shape index (κ1) is 10.3. The molecule has 0 aliphatic carbocycles. The Morgan fingerprint density at radius 1 is 0.926 bits per heavy atom. The quantitative estimate of drug-likeness (QED) is 0.445. The first-order valence-electron chi connectivity index (χ1n) is 12.1. The number of hydrogen-bond donors (Lipinski definition) is 0. The highest BCUT2D eigenvalue weighted by Gasteiger charge is 2.34. The van der Waals surface area contributed by atoms with Crippen molar-refractivity contribution in [1.82, 2.24) is 4.98 Å². The zero-order valence-corrected chi connectivity index (χ0v) is 13.6. The van der Waals surface area contributed by atoms with E-state index >= 15 is 0 Å². The van der Waals surface area contributed by atoms with Crippen LogP contribution in [-0.2, 0) is 6.18 Å². The molecule has 2 aromatic carbocycles. The number of aryl methyl sites for hydroxylation is 3. The van der Waals surface area contributed by atoms with E-state index in [0.717, 1.165) is 36.5 Å². The van der Waals surface area contributed by atoms with Crippen LogP contribution in [0.3, 0.4) is 0 Å². The van der Waals surface area contributed by atoms with Crippen LogP contribution in [0.4, 0.5) is 18.9 Å². The molecule has 136 valence electrons. The van der Waals surface area contributed by atoms with Crippen molar-refractivity contribution < 1.29 is 25.5 Å². The summed E-state index contributed by atoms with van der Waals surface area (Å²) in [4.78, 5) is 7.01. The number of benzene rings is 2. The molecule has 0 saturated carbocycles. The summed E-state index contributed by atoms with van der Waals surface area (Å²) in [6, 6.07) is 7.24. The van der Waals surface area contributed by atoms with Gasteiger partial charge in [0, 0.05) is 24.1 Å². The van der Waals surface area contributed by atoms with Gasteiger partial charge in [0.1, 0.15) is 0 Å². The molecule has 5 heteroatoms. The standard InChI is InChI=1S/C22H17F3N2/c1-13-5-6-16(21-9-14(2)15(3)12-27-21)10-19(13)18-8-7-17(26-4)11-20(18)22(23,24)25/h5-12H,1-3H3/i1D3,2D3,3D3. The SMILES string of the molecule is [2H]C([2H])([2H])c1ccc(-c2cc(C([2H])([2H])[2H])c(C([2H])([2H])[2H])cn2)cc1-c1ccc([N+]#[C-])cc1C(F)(F)F. The second kappa shape index (κ2) is 6.88. The van der Waals surface area contributed by atoms with Gasteiger partial charge in [-0.05, 0) is 66.6 Å². The Hall–Kier alpha value is -3.13. The van der Waals surface area contributed by atoms with Gasteiger partial charge in [0.25, 0.3) is 0 Å². The molecule has 0 aliphatic heterocycles. The highest BCUT2D eigenvalue weighted by Crippen LogP contribution is 2.41. The zero-order valence-electron chi connectivity index (χ0n) is 22.6. The van der Waals surface area contributed by atoms with Crippen molar-refractivity contribution in [1.29, 1.82) is 0 Å². The number of hydrogen-bond acceptors (Lipinski definition) is 1. The molecule has 0 atom stereocenters. The van der Waals surface area contributed by atoms with Crippen LogP contribution in [0.2, 0.25) is 0 Å². The summed E-state index contributed by atoms with van der Waals surface area (Å²) in [6.07, 6.45) is -4.04. The lowest BCUT2D eigenvalue weighted by Crippen LogP contribution is -2.07. The van der Waals surface area contributed by atoms with Crippen LogP contribution in [-0.4, -0.2) is 4.98 Å². The average molecular weight is 375 g/mol. The second-order valence-corrected chi connectivity index (χ2v) is 5.71. The normalized spacial score (nSPS) is 17.6. The van der Waals surface area contributed by atoms with Crippen molar-refractivity contribution in [3.05, 3.63) is 82.3 Å². The Balaban J connectivity index is 2.34. The molecule has 0 spiro atoms. The molecule has 0 unspecified atom stereocenters. The van der Waals surface area contributed by atoms with Gasteiger partial charge in [0.2, 0.25) is 0 Å². The Bertz CT molecular complexity index is 1350. The van der Waals surface area contributed by atoms with Crippen molar-refractivity contribution >= 4 is 5.69 Å². The summed E-state index contributed by atoms with van der Waals surface area (Å²) in [7, 11) is 0. The van der Waals surface area contributed by atoms with Crippen LogP contribution in [0.15, 0.2) is 48.7 Å². The molecule has 3 rings (SSSR count). The third-order valence-electron chi connectivity index (χ3n) is 3.95. The predicted octanol–water partition coefficient (Wildman–Crippen LogP) is 6.91. The molecule has 0 radical (unpaired) electrons. The summed E-state index contributed by atoms with van der Waals surface area (Å²) in [5, 5.41) is 0. The van der Waals surface area contributed by atoms with Crippen molar-refractivity contribution in [2.24, 2.45) is 0 Å². The molecule has 0 saturated heterocycles. The van der Waals surface area contributed by atoms with Crippen molar-refractivity contribution in [3.63, 3.8) is 0 Å². The summed E-state index contributed by atoms with van der Waals surface area (Å²) in [5.74, 6) is 0.